The average Bonchev–Trinajstić information content (AvgIpc) is 3.10. The third kappa shape index (κ3) is 2.97. The molecule has 0 aliphatic carbocycles. The molecule has 6 nitrogen and oxygen atoms in total. The molecule has 8 heteroatoms. The number of nitrogens with two attached hydrogens (primary N) is 1. The third-order valence-electron chi connectivity index (χ3n) is 2.99. The first-order chi connectivity index (χ1) is 10.2. The molecular weight excluding hydrogens is 304 g/mol. The number of nitrogens with zero attached hydrogens (tertiary/aromatic N) is 3. The molecule has 4 N–H and O–H groups in total. The number of hydrazine groups is 1. The summed E-state index contributed by atoms with van der Waals surface area (Å²) in [6.45, 7) is 4.77. The lowest BCUT2D eigenvalue weighted by molar-refractivity contribution is 1.05. The molecule has 0 radical (unpaired) electrons. The van der Waals surface area contributed by atoms with Crippen LogP contribution >= 0.6 is 22.7 Å². The van der Waals surface area contributed by atoms with Gasteiger partial charge in [0, 0.05) is 16.0 Å². The Hall–Kier alpha value is -1.77. The Labute approximate surface area is 130 Å². The number of thiophene rings is 1. The van der Waals surface area contributed by atoms with Gasteiger partial charge in [-0.3, -0.25) is 5.43 Å². The van der Waals surface area contributed by atoms with Crippen molar-refractivity contribution in [3.05, 3.63) is 27.0 Å². The van der Waals surface area contributed by atoms with Gasteiger partial charge in [0.15, 0.2) is 0 Å². The Morgan fingerprint density at radius 3 is 2.81 bits per heavy atom. The fraction of sp³-hybridized carbons (Fsp3) is 0.308. The van der Waals surface area contributed by atoms with Crippen LogP contribution in [0.3, 0.4) is 0 Å². The van der Waals surface area contributed by atoms with Crippen molar-refractivity contribution in [1.29, 1.82) is 0 Å². The van der Waals surface area contributed by atoms with Gasteiger partial charge < -0.3 is 5.32 Å². The van der Waals surface area contributed by atoms with Crippen LogP contribution in [0.1, 0.15) is 22.5 Å². The molecule has 21 heavy (non-hydrogen) atoms. The normalized spacial score (nSPS) is 11.0. The van der Waals surface area contributed by atoms with E-state index in [1.54, 1.807) is 22.7 Å². The Bertz CT molecular complexity index is 763. The Morgan fingerprint density at radius 2 is 2.14 bits per heavy atom. The van der Waals surface area contributed by atoms with Gasteiger partial charge in [-0.1, -0.05) is 6.92 Å². The number of nitrogens with one attached hydrogen (secondary N) is 2. The van der Waals surface area contributed by atoms with E-state index in [4.69, 9.17) is 5.84 Å². The second kappa shape index (κ2) is 5.92. The molecule has 0 amide bonds. The largest absolute Gasteiger partial charge is 0.363 e. The SMILES string of the molecule is CCc1cc2c(NCc3nc(C)cs3)nc(NN)nc2s1. The number of fused-ring (bicyclic) bond motifs is 1. The number of nitrogen functional groups attached to an aromatic ring is 1. The number of rotatable bonds is 5. The van der Waals surface area contributed by atoms with Crippen molar-refractivity contribution in [2.75, 3.05) is 10.7 Å². The Morgan fingerprint density at radius 1 is 1.29 bits per heavy atom. The highest BCUT2D eigenvalue weighted by Gasteiger charge is 2.11. The number of aryl methyl sites for hydroxylation is 2. The van der Waals surface area contributed by atoms with Crippen LogP contribution < -0.4 is 16.6 Å². The van der Waals surface area contributed by atoms with Crippen molar-refractivity contribution in [2.45, 2.75) is 26.8 Å². The van der Waals surface area contributed by atoms with Crippen molar-refractivity contribution in [3.8, 4) is 0 Å². The first-order valence-electron chi connectivity index (χ1n) is 6.61. The Kier molecular flexibility index (Phi) is 4.00. The number of hydrogen-bond acceptors (Lipinski definition) is 8. The quantitative estimate of drug-likeness (QED) is 0.495. The van der Waals surface area contributed by atoms with Crippen LogP contribution in [0.5, 0.6) is 0 Å². The molecule has 0 saturated carbocycles. The molecule has 3 aromatic heterocycles. The predicted octanol–water partition coefficient (Wildman–Crippen LogP) is 2.92. The lowest BCUT2D eigenvalue weighted by Crippen LogP contribution is -2.12. The molecule has 0 spiro atoms. The van der Waals surface area contributed by atoms with Crippen molar-refractivity contribution >= 4 is 44.7 Å². The van der Waals surface area contributed by atoms with E-state index in [1.807, 2.05) is 12.3 Å². The van der Waals surface area contributed by atoms with E-state index >= 15 is 0 Å². The Balaban J connectivity index is 1.93. The standard InChI is InChI=1S/C13H16N6S2/c1-3-8-4-9-11(15-5-10-16-7(2)6-20-10)17-13(19-14)18-12(9)21-8/h4,6H,3,5,14H2,1-2H3,(H2,15,17,18,19). The summed E-state index contributed by atoms with van der Waals surface area (Å²) in [6.07, 6.45) is 0.984. The van der Waals surface area contributed by atoms with Crippen LogP contribution in [0.4, 0.5) is 11.8 Å². The number of thiazole rings is 1. The highest BCUT2D eigenvalue weighted by atomic mass is 32.1. The smallest absolute Gasteiger partial charge is 0.240 e. The van der Waals surface area contributed by atoms with Gasteiger partial charge in [0.1, 0.15) is 15.7 Å². The molecule has 0 saturated heterocycles. The summed E-state index contributed by atoms with van der Waals surface area (Å²) in [7, 11) is 0. The molecule has 0 aliphatic rings. The molecule has 3 heterocycles. The summed E-state index contributed by atoms with van der Waals surface area (Å²) in [6, 6.07) is 2.13. The summed E-state index contributed by atoms with van der Waals surface area (Å²) in [5.74, 6) is 6.66. The monoisotopic (exact) mass is 320 g/mol. The molecule has 0 aliphatic heterocycles. The van der Waals surface area contributed by atoms with Gasteiger partial charge in [-0.05, 0) is 19.4 Å². The molecule has 0 atom stereocenters. The third-order valence-corrected chi connectivity index (χ3v) is 5.13. The second-order valence-corrected chi connectivity index (χ2v) is 6.62. The summed E-state index contributed by atoms with van der Waals surface area (Å²) < 4.78 is 0. The summed E-state index contributed by atoms with van der Waals surface area (Å²) >= 11 is 3.31. The highest BCUT2D eigenvalue weighted by molar-refractivity contribution is 7.18. The van der Waals surface area contributed by atoms with E-state index in [2.05, 4.69) is 38.7 Å². The van der Waals surface area contributed by atoms with Gasteiger partial charge in [-0.2, -0.15) is 4.98 Å². The van der Waals surface area contributed by atoms with Crippen LogP contribution in [0.2, 0.25) is 0 Å². The highest BCUT2D eigenvalue weighted by Crippen LogP contribution is 2.30. The minimum atomic E-state index is 0.421. The number of anilines is 2. The van der Waals surface area contributed by atoms with Gasteiger partial charge >= 0.3 is 0 Å². The maximum atomic E-state index is 5.45. The van der Waals surface area contributed by atoms with Crippen molar-refractivity contribution in [2.24, 2.45) is 5.84 Å². The molecule has 0 bridgehead atoms. The van der Waals surface area contributed by atoms with Gasteiger partial charge in [0.25, 0.3) is 0 Å². The van der Waals surface area contributed by atoms with Crippen LogP contribution in [0.25, 0.3) is 10.2 Å². The van der Waals surface area contributed by atoms with Crippen LogP contribution in [0.15, 0.2) is 11.4 Å². The zero-order chi connectivity index (χ0) is 14.8. The maximum Gasteiger partial charge on any atom is 0.240 e. The predicted molar refractivity (Wildman–Crippen MR) is 88.8 cm³/mol. The van der Waals surface area contributed by atoms with Gasteiger partial charge in [0.05, 0.1) is 11.9 Å². The van der Waals surface area contributed by atoms with Crippen molar-refractivity contribution in [1.82, 2.24) is 15.0 Å². The number of aromatic nitrogens is 3. The first kappa shape index (κ1) is 14.2. The lowest BCUT2D eigenvalue weighted by atomic mass is 10.3. The van der Waals surface area contributed by atoms with E-state index in [0.29, 0.717) is 12.5 Å². The van der Waals surface area contributed by atoms with Crippen LogP contribution in [-0.2, 0) is 13.0 Å². The second-order valence-electron chi connectivity index (χ2n) is 4.56. The zero-order valence-electron chi connectivity index (χ0n) is 11.8. The average molecular weight is 320 g/mol. The molecule has 0 aromatic carbocycles. The maximum absolute atomic E-state index is 5.45. The van der Waals surface area contributed by atoms with Gasteiger partial charge in [-0.15, -0.1) is 22.7 Å². The molecule has 3 rings (SSSR count). The minimum Gasteiger partial charge on any atom is -0.363 e. The van der Waals surface area contributed by atoms with E-state index in [9.17, 15) is 0 Å². The van der Waals surface area contributed by atoms with E-state index in [-0.39, 0.29) is 0 Å². The van der Waals surface area contributed by atoms with E-state index < -0.39 is 0 Å². The summed E-state index contributed by atoms with van der Waals surface area (Å²) in [4.78, 5) is 15.5. The van der Waals surface area contributed by atoms with Crippen molar-refractivity contribution in [3.63, 3.8) is 0 Å². The van der Waals surface area contributed by atoms with Crippen LogP contribution in [0, 0.1) is 6.92 Å². The molecule has 0 unspecified atom stereocenters. The number of hydrogen-bond donors (Lipinski definition) is 3. The van der Waals surface area contributed by atoms with Crippen LogP contribution in [-0.4, -0.2) is 15.0 Å². The minimum absolute atomic E-state index is 0.421. The fourth-order valence-corrected chi connectivity index (χ4v) is 3.67. The zero-order valence-corrected chi connectivity index (χ0v) is 13.4. The van der Waals surface area contributed by atoms with E-state index in [1.165, 1.54) is 4.88 Å². The van der Waals surface area contributed by atoms with Gasteiger partial charge in [-0.25, -0.2) is 15.8 Å². The lowest BCUT2D eigenvalue weighted by Gasteiger charge is -2.06. The first-order valence-corrected chi connectivity index (χ1v) is 8.31. The molecule has 110 valence electrons. The van der Waals surface area contributed by atoms with E-state index in [0.717, 1.165) is 33.2 Å². The summed E-state index contributed by atoms with van der Waals surface area (Å²) in [5.41, 5.74) is 3.56. The fourth-order valence-electron chi connectivity index (χ4n) is 1.99. The van der Waals surface area contributed by atoms with Gasteiger partial charge in [0.2, 0.25) is 5.95 Å². The topological polar surface area (TPSA) is 88.8 Å². The van der Waals surface area contributed by atoms with Crippen molar-refractivity contribution < 1.29 is 0 Å². The molecular formula is C13H16N6S2. The summed E-state index contributed by atoms with van der Waals surface area (Å²) in [5, 5.41) is 7.44. The molecule has 0 fully saturated rings. The molecule has 3 aromatic rings.